The number of ketones is 1. The van der Waals surface area contributed by atoms with Crippen LogP contribution in [0.5, 0.6) is 0 Å². The first-order valence-corrected chi connectivity index (χ1v) is 7.98. The molecule has 0 fully saturated rings. The Morgan fingerprint density at radius 3 is 2.48 bits per heavy atom. The van der Waals surface area contributed by atoms with Crippen LogP contribution < -0.4 is 10.7 Å². The second kappa shape index (κ2) is 7.27. The molecule has 3 rings (SSSR count). The highest BCUT2D eigenvalue weighted by molar-refractivity contribution is 6.43. The van der Waals surface area contributed by atoms with Gasteiger partial charge in [0.1, 0.15) is 5.71 Å². The monoisotopic (exact) mass is 355 g/mol. The van der Waals surface area contributed by atoms with E-state index in [0.29, 0.717) is 21.8 Å². The fourth-order valence-electron chi connectivity index (χ4n) is 2.35. The molecule has 0 saturated heterocycles. The molecule has 0 saturated carbocycles. The van der Waals surface area contributed by atoms with E-state index in [2.05, 4.69) is 15.8 Å². The molecule has 2 N–H and O–H groups in total. The second-order valence-electron chi connectivity index (χ2n) is 5.46. The molecule has 0 atom stereocenters. The lowest BCUT2D eigenvalue weighted by atomic mass is 10.0. The van der Waals surface area contributed by atoms with E-state index in [1.54, 1.807) is 48.5 Å². The number of rotatable bonds is 4. The van der Waals surface area contributed by atoms with Gasteiger partial charge in [-0.05, 0) is 36.4 Å². The number of carbonyl (C=O) groups excluding carboxylic acids is 3. The molecule has 25 heavy (non-hydrogen) atoms. The molecular formula is C18H14ClN3O3. The third kappa shape index (κ3) is 4.10. The summed E-state index contributed by atoms with van der Waals surface area (Å²) in [7, 11) is 0. The molecule has 0 radical (unpaired) electrons. The third-order valence-corrected chi connectivity index (χ3v) is 3.91. The van der Waals surface area contributed by atoms with E-state index >= 15 is 0 Å². The van der Waals surface area contributed by atoms with Crippen LogP contribution in [0.2, 0.25) is 5.02 Å². The SMILES string of the molecule is O=C1CCC(C(=O)Nc2cccc(C(=O)c3ccc(Cl)cc3)c2)=NN1. The molecule has 6 nitrogen and oxygen atoms in total. The van der Waals surface area contributed by atoms with Crippen molar-refractivity contribution in [3.63, 3.8) is 0 Å². The Morgan fingerprint density at radius 2 is 1.80 bits per heavy atom. The van der Waals surface area contributed by atoms with Gasteiger partial charge in [0, 0.05) is 34.7 Å². The van der Waals surface area contributed by atoms with Crippen molar-refractivity contribution in [2.24, 2.45) is 5.10 Å². The maximum atomic E-state index is 12.5. The van der Waals surface area contributed by atoms with Gasteiger partial charge >= 0.3 is 0 Å². The zero-order chi connectivity index (χ0) is 17.8. The van der Waals surface area contributed by atoms with E-state index in [1.807, 2.05) is 0 Å². The summed E-state index contributed by atoms with van der Waals surface area (Å²) >= 11 is 5.83. The first-order valence-electron chi connectivity index (χ1n) is 7.60. The Kier molecular flexibility index (Phi) is 4.90. The lowest BCUT2D eigenvalue weighted by Crippen LogP contribution is -2.32. The second-order valence-corrected chi connectivity index (χ2v) is 5.90. The average molecular weight is 356 g/mol. The number of nitrogens with one attached hydrogen (secondary N) is 2. The minimum absolute atomic E-state index is 0.171. The standard InChI is InChI=1S/C18H14ClN3O3/c19-13-6-4-11(5-7-13)17(24)12-2-1-3-14(10-12)20-18(25)15-8-9-16(23)22-21-15/h1-7,10H,8-9H2,(H,20,25)(H,22,23). The Bertz CT molecular complexity index is 875. The number of benzene rings is 2. The topological polar surface area (TPSA) is 87.6 Å². The molecule has 1 aliphatic heterocycles. The minimum atomic E-state index is -0.406. The summed E-state index contributed by atoms with van der Waals surface area (Å²) in [5.41, 5.74) is 3.95. The smallest absolute Gasteiger partial charge is 0.271 e. The van der Waals surface area contributed by atoms with Gasteiger partial charge < -0.3 is 5.32 Å². The van der Waals surface area contributed by atoms with Crippen LogP contribution in [0.15, 0.2) is 53.6 Å². The molecule has 0 aliphatic carbocycles. The van der Waals surface area contributed by atoms with Gasteiger partial charge in [0.2, 0.25) is 5.91 Å². The van der Waals surface area contributed by atoms with Crippen molar-refractivity contribution in [3.8, 4) is 0 Å². The lowest BCUT2D eigenvalue weighted by molar-refractivity contribution is -0.121. The van der Waals surface area contributed by atoms with E-state index in [9.17, 15) is 14.4 Å². The van der Waals surface area contributed by atoms with Crippen LogP contribution in [0.3, 0.4) is 0 Å². The van der Waals surface area contributed by atoms with Gasteiger partial charge in [-0.2, -0.15) is 5.10 Å². The average Bonchev–Trinajstić information content (AvgIpc) is 2.62. The number of hydrogen-bond acceptors (Lipinski definition) is 4. The predicted octanol–water partition coefficient (Wildman–Crippen LogP) is 2.78. The van der Waals surface area contributed by atoms with Crippen molar-refractivity contribution >= 4 is 40.6 Å². The van der Waals surface area contributed by atoms with Crippen molar-refractivity contribution in [1.82, 2.24) is 5.43 Å². The van der Waals surface area contributed by atoms with Crippen LogP contribution in [0.1, 0.15) is 28.8 Å². The van der Waals surface area contributed by atoms with Crippen molar-refractivity contribution in [1.29, 1.82) is 0 Å². The normalized spacial score (nSPS) is 13.6. The molecular weight excluding hydrogens is 342 g/mol. The van der Waals surface area contributed by atoms with Crippen molar-refractivity contribution in [3.05, 3.63) is 64.7 Å². The van der Waals surface area contributed by atoms with Crippen molar-refractivity contribution < 1.29 is 14.4 Å². The van der Waals surface area contributed by atoms with Crippen LogP contribution in [0.4, 0.5) is 5.69 Å². The van der Waals surface area contributed by atoms with Crippen LogP contribution in [-0.4, -0.2) is 23.3 Å². The molecule has 126 valence electrons. The van der Waals surface area contributed by atoms with Gasteiger partial charge in [-0.25, -0.2) is 5.43 Å². The van der Waals surface area contributed by atoms with Gasteiger partial charge in [-0.1, -0.05) is 23.7 Å². The van der Waals surface area contributed by atoms with E-state index in [-0.39, 0.29) is 30.2 Å². The molecule has 2 aromatic rings. The van der Waals surface area contributed by atoms with Crippen LogP contribution in [0.25, 0.3) is 0 Å². The summed E-state index contributed by atoms with van der Waals surface area (Å²) < 4.78 is 0. The highest BCUT2D eigenvalue weighted by atomic mass is 35.5. The Hall–Kier alpha value is -2.99. The van der Waals surface area contributed by atoms with Crippen LogP contribution >= 0.6 is 11.6 Å². The quantitative estimate of drug-likeness (QED) is 0.826. The maximum absolute atomic E-state index is 12.5. The summed E-state index contributed by atoms with van der Waals surface area (Å²) in [6.07, 6.45) is 0.502. The lowest BCUT2D eigenvalue weighted by Gasteiger charge is -2.12. The summed E-state index contributed by atoms with van der Waals surface area (Å²) in [4.78, 5) is 35.7. The van der Waals surface area contributed by atoms with E-state index in [0.717, 1.165) is 0 Å². The number of halogens is 1. The Balaban J connectivity index is 1.75. The van der Waals surface area contributed by atoms with E-state index in [1.165, 1.54) is 0 Å². The molecule has 0 aromatic heterocycles. The number of carbonyl (C=O) groups is 3. The molecule has 0 spiro atoms. The zero-order valence-electron chi connectivity index (χ0n) is 13.1. The van der Waals surface area contributed by atoms with Gasteiger partial charge in [-0.15, -0.1) is 0 Å². The van der Waals surface area contributed by atoms with E-state index < -0.39 is 5.91 Å². The maximum Gasteiger partial charge on any atom is 0.271 e. The molecule has 1 aliphatic rings. The Morgan fingerprint density at radius 1 is 1.04 bits per heavy atom. The molecule has 2 amide bonds. The summed E-state index contributed by atoms with van der Waals surface area (Å²) in [5, 5.41) is 6.99. The molecule has 0 unspecified atom stereocenters. The first kappa shape index (κ1) is 16.9. The largest absolute Gasteiger partial charge is 0.321 e. The van der Waals surface area contributed by atoms with E-state index in [4.69, 9.17) is 11.6 Å². The highest BCUT2D eigenvalue weighted by Gasteiger charge is 2.18. The molecule has 7 heteroatoms. The number of amides is 2. The van der Waals surface area contributed by atoms with Gasteiger partial charge in [0.05, 0.1) is 0 Å². The van der Waals surface area contributed by atoms with Gasteiger partial charge in [0.25, 0.3) is 5.91 Å². The zero-order valence-corrected chi connectivity index (χ0v) is 13.8. The van der Waals surface area contributed by atoms with Gasteiger partial charge in [0.15, 0.2) is 5.78 Å². The fourth-order valence-corrected chi connectivity index (χ4v) is 2.47. The molecule has 2 aromatic carbocycles. The first-order chi connectivity index (χ1) is 12.0. The van der Waals surface area contributed by atoms with Crippen LogP contribution in [0, 0.1) is 0 Å². The Labute approximate surface area is 148 Å². The number of hydrazone groups is 1. The van der Waals surface area contributed by atoms with Gasteiger partial charge in [-0.3, -0.25) is 14.4 Å². The third-order valence-electron chi connectivity index (χ3n) is 3.66. The molecule has 1 heterocycles. The number of anilines is 1. The minimum Gasteiger partial charge on any atom is -0.321 e. The number of nitrogens with zero attached hydrogens (tertiary/aromatic N) is 1. The molecule has 0 bridgehead atoms. The summed E-state index contributed by atoms with van der Waals surface area (Å²) in [5.74, 6) is -0.793. The van der Waals surface area contributed by atoms with Crippen molar-refractivity contribution in [2.45, 2.75) is 12.8 Å². The fraction of sp³-hybridized carbons (Fsp3) is 0.111. The highest BCUT2D eigenvalue weighted by Crippen LogP contribution is 2.17. The van der Waals surface area contributed by atoms with Crippen LogP contribution in [-0.2, 0) is 9.59 Å². The van der Waals surface area contributed by atoms with Crippen molar-refractivity contribution in [2.75, 3.05) is 5.32 Å². The summed E-state index contributed by atoms with van der Waals surface area (Å²) in [6, 6.07) is 13.2. The summed E-state index contributed by atoms with van der Waals surface area (Å²) in [6.45, 7) is 0. The predicted molar refractivity (Wildman–Crippen MR) is 94.8 cm³/mol. The number of hydrogen-bond donors (Lipinski definition) is 2.